The van der Waals surface area contributed by atoms with Crippen LogP contribution in [0.1, 0.15) is 44.6 Å². The first-order valence-electron chi connectivity index (χ1n) is 10.5. The highest BCUT2D eigenvalue weighted by molar-refractivity contribution is 5.87. The highest BCUT2D eigenvalue weighted by Crippen LogP contribution is 2.35. The summed E-state index contributed by atoms with van der Waals surface area (Å²) in [6.07, 6.45) is 10.4. The van der Waals surface area contributed by atoms with Crippen molar-refractivity contribution < 1.29 is 14.6 Å². The predicted molar refractivity (Wildman–Crippen MR) is 115 cm³/mol. The van der Waals surface area contributed by atoms with E-state index in [4.69, 9.17) is 4.74 Å². The van der Waals surface area contributed by atoms with Crippen LogP contribution in [0.15, 0.2) is 54.9 Å². The second-order valence-electron chi connectivity index (χ2n) is 8.09. The summed E-state index contributed by atoms with van der Waals surface area (Å²) in [5, 5.41) is 11.5. The van der Waals surface area contributed by atoms with Gasteiger partial charge in [0.2, 0.25) is 0 Å². The van der Waals surface area contributed by atoms with Crippen LogP contribution in [0.5, 0.6) is 5.75 Å². The number of hydrogen-bond acceptors (Lipinski definition) is 3. The minimum Gasteiger partial charge on any atom is -0.490 e. The van der Waals surface area contributed by atoms with Gasteiger partial charge in [0.1, 0.15) is 5.75 Å². The number of hydrogen-bond donors (Lipinski definition) is 1. The van der Waals surface area contributed by atoms with Crippen LogP contribution in [0.4, 0.5) is 0 Å². The fraction of sp³-hybridized carbons (Fsp3) is 0.360. The fourth-order valence-corrected chi connectivity index (χ4v) is 4.09. The van der Waals surface area contributed by atoms with Gasteiger partial charge in [0.15, 0.2) is 0 Å². The number of pyridine rings is 1. The van der Waals surface area contributed by atoms with Gasteiger partial charge in [-0.3, -0.25) is 9.78 Å². The lowest BCUT2D eigenvalue weighted by Gasteiger charge is -2.25. The van der Waals surface area contributed by atoms with Crippen molar-refractivity contribution >= 4 is 16.7 Å². The van der Waals surface area contributed by atoms with Gasteiger partial charge in [-0.25, -0.2) is 0 Å². The van der Waals surface area contributed by atoms with E-state index in [1.165, 1.54) is 19.3 Å². The minimum atomic E-state index is -0.771. The van der Waals surface area contributed by atoms with Crippen LogP contribution in [0.3, 0.4) is 0 Å². The van der Waals surface area contributed by atoms with Crippen LogP contribution in [0.2, 0.25) is 0 Å². The van der Waals surface area contributed by atoms with E-state index in [0.717, 1.165) is 46.1 Å². The van der Waals surface area contributed by atoms with Crippen molar-refractivity contribution in [3.63, 3.8) is 0 Å². The molecule has 0 bridgehead atoms. The Morgan fingerprint density at radius 3 is 2.72 bits per heavy atom. The first kappa shape index (κ1) is 19.4. The Hall–Kier alpha value is -2.88. The number of ether oxygens (including phenoxy) is 1. The second kappa shape index (κ2) is 8.64. The molecule has 0 amide bonds. The summed E-state index contributed by atoms with van der Waals surface area (Å²) >= 11 is 0. The molecule has 2 aromatic carbocycles. The zero-order valence-electron chi connectivity index (χ0n) is 16.8. The smallest absolute Gasteiger partial charge is 0.306 e. The maximum absolute atomic E-state index is 11.3. The minimum absolute atomic E-state index is 0.260. The summed E-state index contributed by atoms with van der Waals surface area (Å²) < 4.78 is 6.43. The molecule has 4 heteroatoms. The quantitative estimate of drug-likeness (QED) is 0.572. The third-order valence-corrected chi connectivity index (χ3v) is 5.80. The van der Waals surface area contributed by atoms with Crippen molar-refractivity contribution in [3.05, 3.63) is 60.4 Å². The Kier molecular flexibility index (Phi) is 5.79. The van der Waals surface area contributed by atoms with Crippen molar-refractivity contribution in [2.24, 2.45) is 5.92 Å². The summed E-state index contributed by atoms with van der Waals surface area (Å²) in [6.45, 7) is 1.75. The molecule has 1 aromatic heterocycles. The average Bonchev–Trinajstić information content (AvgIpc) is 2.75. The lowest BCUT2D eigenvalue weighted by atomic mass is 9.94. The monoisotopic (exact) mass is 389 g/mol. The molecule has 29 heavy (non-hydrogen) atoms. The molecular formula is C25H27NO3. The standard InChI is InChI=1S/C25H27NO3/c1-17(25(27)28)13-18-7-10-24(29-22-5-3-2-4-6-22)23(14-18)20-8-9-21-16-26-12-11-19(21)15-20/h7-12,14-17,22H,2-6,13H2,1H3,(H,27,28). The number of carboxylic acids is 1. The molecule has 1 N–H and O–H groups in total. The van der Waals surface area contributed by atoms with Crippen molar-refractivity contribution in [2.75, 3.05) is 0 Å². The Morgan fingerprint density at radius 1 is 1.10 bits per heavy atom. The molecule has 0 radical (unpaired) electrons. The van der Waals surface area contributed by atoms with Crippen LogP contribution in [-0.2, 0) is 11.2 Å². The van der Waals surface area contributed by atoms with Gasteiger partial charge in [0.05, 0.1) is 12.0 Å². The van der Waals surface area contributed by atoms with Crippen molar-refractivity contribution in [3.8, 4) is 16.9 Å². The topological polar surface area (TPSA) is 59.4 Å². The molecule has 1 unspecified atom stereocenters. The van der Waals surface area contributed by atoms with E-state index < -0.39 is 11.9 Å². The first-order chi connectivity index (χ1) is 14.1. The number of aromatic nitrogens is 1. The van der Waals surface area contributed by atoms with Gasteiger partial charge < -0.3 is 9.84 Å². The van der Waals surface area contributed by atoms with Crippen LogP contribution >= 0.6 is 0 Å². The molecule has 150 valence electrons. The number of fused-ring (bicyclic) bond motifs is 1. The zero-order chi connectivity index (χ0) is 20.2. The molecule has 0 saturated heterocycles. The maximum Gasteiger partial charge on any atom is 0.306 e. The zero-order valence-corrected chi connectivity index (χ0v) is 16.8. The number of carboxylic acid groups (broad SMARTS) is 1. The number of benzene rings is 2. The van der Waals surface area contributed by atoms with Gasteiger partial charge in [0, 0.05) is 23.3 Å². The lowest BCUT2D eigenvalue weighted by Crippen LogP contribution is -2.20. The molecule has 0 aliphatic heterocycles. The SMILES string of the molecule is CC(Cc1ccc(OC2CCCCC2)c(-c2ccc3cnccc3c2)c1)C(=O)O. The van der Waals surface area contributed by atoms with Gasteiger partial charge in [-0.1, -0.05) is 31.5 Å². The normalized spacial score (nSPS) is 15.9. The highest BCUT2D eigenvalue weighted by Gasteiger charge is 2.19. The molecule has 1 aliphatic rings. The molecule has 0 spiro atoms. The first-order valence-corrected chi connectivity index (χ1v) is 10.5. The number of aliphatic carboxylic acids is 1. The Labute approximate surface area is 171 Å². The second-order valence-corrected chi connectivity index (χ2v) is 8.09. The van der Waals surface area contributed by atoms with Gasteiger partial charge >= 0.3 is 5.97 Å². The third-order valence-electron chi connectivity index (χ3n) is 5.80. The van der Waals surface area contributed by atoms with E-state index in [-0.39, 0.29) is 6.10 Å². The third kappa shape index (κ3) is 4.58. The van der Waals surface area contributed by atoms with Crippen LogP contribution in [0, 0.1) is 5.92 Å². The molecule has 4 rings (SSSR count). The van der Waals surface area contributed by atoms with Gasteiger partial charge in [-0.2, -0.15) is 0 Å². The predicted octanol–water partition coefficient (Wildman–Crippen LogP) is 5.88. The van der Waals surface area contributed by atoms with Gasteiger partial charge in [0.25, 0.3) is 0 Å². The van der Waals surface area contributed by atoms with Gasteiger partial charge in [-0.05, 0) is 72.9 Å². The number of rotatable bonds is 6. The Morgan fingerprint density at radius 2 is 1.93 bits per heavy atom. The van der Waals surface area contributed by atoms with E-state index in [1.54, 1.807) is 13.1 Å². The van der Waals surface area contributed by atoms with Crippen LogP contribution in [0.25, 0.3) is 21.9 Å². The van der Waals surface area contributed by atoms with Crippen molar-refractivity contribution in [2.45, 2.75) is 51.6 Å². The maximum atomic E-state index is 11.3. The summed E-state index contributed by atoms with van der Waals surface area (Å²) in [4.78, 5) is 15.5. The molecular weight excluding hydrogens is 362 g/mol. The molecule has 1 atom stereocenters. The van der Waals surface area contributed by atoms with Gasteiger partial charge in [-0.15, -0.1) is 0 Å². The van der Waals surface area contributed by atoms with E-state index in [1.807, 2.05) is 24.4 Å². The molecule has 1 heterocycles. The van der Waals surface area contributed by atoms with Crippen molar-refractivity contribution in [1.82, 2.24) is 4.98 Å². The molecule has 1 saturated carbocycles. The highest BCUT2D eigenvalue weighted by atomic mass is 16.5. The summed E-state index contributed by atoms with van der Waals surface area (Å²) in [5.74, 6) is -0.306. The average molecular weight is 389 g/mol. The van der Waals surface area contributed by atoms with E-state index >= 15 is 0 Å². The summed E-state index contributed by atoms with van der Waals surface area (Å²) in [7, 11) is 0. The van der Waals surface area contributed by atoms with E-state index in [2.05, 4.69) is 29.2 Å². The molecule has 4 nitrogen and oxygen atoms in total. The van der Waals surface area contributed by atoms with Crippen molar-refractivity contribution in [1.29, 1.82) is 0 Å². The van der Waals surface area contributed by atoms with E-state index in [0.29, 0.717) is 6.42 Å². The fourth-order valence-electron chi connectivity index (χ4n) is 4.09. The number of nitrogens with zero attached hydrogens (tertiary/aromatic N) is 1. The molecule has 1 fully saturated rings. The summed E-state index contributed by atoms with van der Waals surface area (Å²) in [6, 6.07) is 14.5. The van der Waals surface area contributed by atoms with Crippen LogP contribution in [-0.4, -0.2) is 22.2 Å². The summed E-state index contributed by atoms with van der Waals surface area (Å²) in [5.41, 5.74) is 3.13. The Balaban J connectivity index is 1.72. The Bertz CT molecular complexity index is 1010. The number of carbonyl (C=O) groups is 1. The largest absolute Gasteiger partial charge is 0.490 e. The molecule has 3 aromatic rings. The van der Waals surface area contributed by atoms with Crippen LogP contribution < -0.4 is 4.74 Å². The van der Waals surface area contributed by atoms with E-state index in [9.17, 15) is 9.90 Å². The molecule has 1 aliphatic carbocycles. The lowest BCUT2D eigenvalue weighted by molar-refractivity contribution is -0.141.